The highest BCUT2D eigenvalue weighted by atomic mass is 16.4. The molecule has 1 aliphatic heterocycles. The van der Waals surface area contributed by atoms with E-state index in [1.807, 2.05) is 19.2 Å². The van der Waals surface area contributed by atoms with Gasteiger partial charge in [0.1, 0.15) is 0 Å². The lowest BCUT2D eigenvalue weighted by atomic mass is 9.82. The molecule has 1 saturated carbocycles. The molecule has 3 aliphatic rings. The number of hydrogen-bond acceptors (Lipinski definition) is 3. The summed E-state index contributed by atoms with van der Waals surface area (Å²) in [5.41, 5.74) is 0. The first-order chi connectivity index (χ1) is 9.99. The topological polar surface area (TPSA) is 60.9 Å². The van der Waals surface area contributed by atoms with E-state index in [2.05, 4.69) is 11.9 Å². The molecule has 1 heterocycles. The number of carbonyl (C=O) groups is 2. The number of carboxylic acids is 1. The van der Waals surface area contributed by atoms with E-state index in [1.165, 1.54) is 6.42 Å². The number of aliphatic carboxylic acids is 1. The van der Waals surface area contributed by atoms with Crippen molar-refractivity contribution in [1.82, 2.24) is 9.80 Å². The van der Waals surface area contributed by atoms with Gasteiger partial charge in [0.2, 0.25) is 5.91 Å². The van der Waals surface area contributed by atoms with Gasteiger partial charge in [-0.25, -0.2) is 0 Å². The van der Waals surface area contributed by atoms with Gasteiger partial charge in [-0.1, -0.05) is 12.2 Å². The summed E-state index contributed by atoms with van der Waals surface area (Å²) >= 11 is 0. The van der Waals surface area contributed by atoms with Crippen LogP contribution in [0.1, 0.15) is 19.3 Å². The SMILES string of the molecule is CN(CC1CCCN1C)C(=O)C1C2C=CC(C2)C1C(=O)O. The van der Waals surface area contributed by atoms with Gasteiger partial charge in [-0.2, -0.15) is 0 Å². The fourth-order valence-corrected chi connectivity index (χ4v) is 4.37. The molecule has 116 valence electrons. The first kappa shape index (κ1) is 14.6. The Balaban J connectivity index is 1.69. The first-order valence-corrected chi connectivity index (χ1v) is 7.85. The Hall–Kier alpha value is -1.36. The average molecular weight is 292 g/mol. The van der Waals surface area contributed by atoms with Crippen LogP contribution in [0.5, 0.6) is 0 Å². The molecule has 2 fully saturated rings. The van der Waals surface area contributed by atoms with Crippen LogP contribution in [0.3, 0.4) is 0 Å². The predicted molar refractivity (Wildman–Crippen MR) is 78.6 cm³/mol. The second kappa shape index (κ2) is 5.44. The Bertz CT molecular complexity index is 476. The van der Waals surface area contributed by atoms with Crippen molar-refractivity contribution in [3.8, 4) is 0 Å². The van der Waals surface area contributed by atoms with E-state index in [1.54, 1.807) is 4.90 Å². The molecular formula is C16H24N2O3. The fraction of sp³-hybridized carbons (Fsp3) is 0.750. The normalized spacial score (nSPS) is 38.1. The van der Waals surface area contributed by atoms with Crippen molar-refractivity contribution in [2.45, 2.75) is 25.3 Å². The molecule has 1 N–H and O–H groups in total. The molecule has 0 spiro atoms. The van der Waals surface area contributed by atoms with Gasteiger partial charge in [-0.3, -0.25) is 9.59 Å². The van der Waals surface area contributed by atoms with Crippen LogP contribution in [0.2, 0.25) is 0 Å². The van der Waals surface area contributed by atoms with Crippen LogP contribution >= 0.6 is 0 Å². The van der Waals surface area contributed by atoms with E-state index in [9.17, 15) is 14.7 Å². The number of carboxylic acid groups (broad SMARTS) is 1. The molecule has 0 radical (unpaired) electrons. The fourth-order valence-electron chi connectivity index (χ4n) is 4.37. The van der Waals surface area contributed by atoms with Crippen LogP contribution in [0, 0.1) is 23.7 Å². The summed E-state index contributed by atoms with van der Waals surface area (Å²) in [6.07, 6.45) is 7.15. The number of allylic oxidation sites excluding steroid dienone is 2. The molecule has 1 saturated heterocycles. The summed E-state index contributed by atoms with van der Waals surface area (Å²) < 4.78 is 0. The maximum absolute atomic E-state index is 12.8. The lowest BCUT2D eigenvalue weighted by Gasteiger charge is -2.31. The first-order valence-electron chi connectivity index (χ1n) is 7.85. The average Bonchev–Trinajstić information content (AvgIpc) is 3.13. The summed E-state index contributed by atoms with van der Waals surface area (Å²) in [4.78, 5) is 28.3. The van der Waals surface area contributed by atoms with Crippen molar-refractivity contribution in [1.29, 1.82) is 0 Å². The van der Waals surface area contributed by atoms with Crippen LogP contribution < -0.4 is 0 Å². The number of likely N-dealkylation sites (tertiary alicyclic amines) is 1. The molecule has 2 bridgehead atoms. The van der Waals surface area contributed by atoms with E-state index in [0.717, 1.165) is 19.4 Å². The highest BCUT2D eigenvalue weighted by Gasteiger charge is 2.52. The highest BCUT2D eigenvalue weighted by Crippen LogP contribution is 2.48. The van der Waals surface area contributed by atoms with Crippen LogP contribution in [0.15, 0.2) is 12.2 Å². The van der Waals surface area contributed by atoms with Crippen molar-refractivity contribution in [3.05, 3.63) is 12.2 Å². The molecule has 5 heteroatoms. The second-order valence-corrected chi connectivity index (χ2v) is 6.83. The maximum Gasteiger partial charge on any atom is 0.307 e. The summed E-state index contributed by atoms with van der Waals surface area (Å²) in [6, 6.07) is 0.413. The Morgan fingerprint density at radius 3 is 2.52 bits per heavy atom. The molecule has 1 amide bonds. The van der Waals surface area contributed by atoms with E-state index >= 15 is 0 Å². The Labute approximate surface area is 125 Å². The largest absolute Gasteiger partial charge is 0.481 e. The molecule has 0 aromatic heterocycles. The zero-order chi connectivity index (χ0) is 15.1. The monoisotopic (exact) mass is 292 g/mol. The minimum absolute atomic E-state index is 0.0135. The third-order valence-electron chi connectivity index (χ3n) is 5.56. The quantitative estimate of drug-likeness (QED) is 0.787. The predicted octanol–water partition coefficient (Wildman–Crippen LogP) is 1.06. The highest BCUT2D eigenvalue weighted by molar-refractivity contribution is 5.86. The smallest absolute Gasteiger partial charge is 0.307 e. The van der Waals surface area contributed by atoms with Gasteiger partial charge in [0.25, 0.3) is 0 Å². The second-order valence-electron chi connectivity index (χ2n) is 6.83. The van der Waals surface area contributed by atoms with Crippen molar-refractivity contribution in [2.24, 2.45) is 23.7 Å². The minimum atomic E-state index is -0.823. The Morgan fingerprint density at radius 1 is 1.29 bits per heavy atom. The van der Waals surface area contributed by atoms with Crippen LogP contribution in [0.4, 0.5) is 0 Å². The third-order valence-corrected chi connectivity index (χ3v) is 5.56. The summed E-state index contributed by atoms with van der Waals surface area (Å²) in [7, 11) is 3.92. The molecule has 5 atom stereocenters. The number of nitrogens with zero attached hydrogens (tertiary/aromatic N) is 2. The van der Waals surface area contributed by atoms with Crippen molar-refractivity contribution < 1.29 is 14.7 Å². The third kappa shape index (κ3) is 2.48. The number of fused-ring (bicyclic) bond motifs is 2. The molecule has 0 aromatic rings. The number of hydrogen-bond donors (Lipinski definition) is 1. The van der Waals surface area contributed by atoms with Crippen LogP contribution in [-0.4, -0.2) is 60.0 Å². The number of amides is 1. The Kier molecular flexibility index (Phi) is 3.78. The van der Waals surface area contributed by atoms with E-state index in [0.29, 0.717) is 12.6 Å². The van der Waals surface area contributed by atoms with Gasteiger partial charge in [0.05, 0.1) is 11.8 Å². The summed E-state index contributed by atoms with van der Waals surface area (Å²) in [5.74, 6) is -1.54. The molecule has 21 heavy (non-hydrogen) atoms. The summed E-state index contributed by atoms with van der Waals surface area (Å²) in [5, 5.41) is 9.45. The standard InChI is InChI=1S/C16H24N2O3/c1-17-7-3-4-12(17)9-18(2)15(19)13-10-5-6-11(8-10)14(13)16(20)21/h5-6,10-14H,3-4,7-9H2,1-2H3,(H,20,21). The van der Waals surface area contributed by atoms with Gasteiger partial charge in [-0.15, -0.1) is 0 Å². The number of rotatable bonds is 4. The Morgan fingerprint density at radius 2 is 1.95 bits per heavy atom. The molecule has 5 nitrogen and oxygen atoms in total. The van der Waals surface area contributed by atoms with Gasteiger partial charge >= 0.3 is 5.97 Å². The van der Waals surface area contributed by atoms with Gasteiger partial charge in [-0.05, 0) is 44.7 Å². The number of likely N-dealkylation sites (N-methyl/N-ethyl adjacent to an activating group) is 2. The zero-order valence-electron chi connectivity index (χ0n) is 12.7. The van der Waals surface area contributed by atoms with Gasteiger partial charge < -0.3 is 14.9 Å². The molecule has 2 aliphatic carbocycles. The molecular weight excluding hydrogens is 268 g/mol. The summed E-state index contributed by atoms with van der Waals surface area (Å²) in [6.45, 7) is 1.79. The minimum Gasteiger partial charge on any atom is -0.481 e. The van der Waals surface area contributed by atoms with Gasteiger partial charge in [0.15, 0.2) is 0 Å². The van der Waals surface area contributed by atoms with E-state index < -0.39 is 11.9 Å². The lowest BCUT2D eigenvalue weighted by molar-refractivity contribution is -0.150. The van der Waals surface area contributed by atoms with E-state index in [4.69, 9.17) is 0 Å². The number of carbonyl (C=O) groups excluding carboxylic acids is 1. The maximum atomic E-state index is 12.8. The van der Waals surface area contributed by atoms with Crippen LogP contribution in [-0.2, 0) is 9.59 Å². The lowest BCUT2D eigenvalue weighted by Crippen LogP contribution is -2.45. The zero-order valence-corrected chi connectivity index (χ0v) is 12.7. The van der Waals surface area contributed by atoms with Crippen molar-refractivity contribution >= 4 is 11.9 Å². The van der Waals surface area contributed by atoms with Crippen LogP contribution in [0.25, 0.3) is 0 Å². The van der Waals surface area contributed by atoms with Gasteiger partial charge in [0, 0.05) is 19.6 Å². The van der Waals surface area contributed by atoms with Crippen molar-refractivity contribution in [2.75, 3.05) is 27.2 Å². The molecule has 5 unspecified atom stereocenters. The molecule has 0 aromatic carbocycles. The van der Waals surface area contributed by atoms with E-state index in [-0.39, 0.29) is 23.7 Å². The molecule has 3 rings (SSSR count). The van der Waals surface area contributed by atoms with Crippen molar-refractivity contribution in [3.63, 3.8) is 0 Å².